The van der Waals surface area contributed by atoms with Gasteiger partial charge < -0.3 is 10.3 Å². The molecule has 3 aromatic carbocycles. The lowest BCUT2D eigenvalue weighted by molar-refractivity contribution is -0.113. The molecule has 0 saturated carbocycles. The summed E-state index contributed by atoms with van der Waals surface area (Å²) in [5.74, 6) is 0.740. The molecule has 0 aliphatic heterocycles. The van der Waals surface area contributed by atoms with Crippen LogP contribution in [0, 0.1) is 6.92 Å². The van der Waals surface area contributed by atoms with E-state index in [1.54, 1.807) is 4.68 Å². The highest BCUT2D eigenvalue weighted by molar-refractivity contribution is 7.99. The first-order valence-corrected chi connectivity index (χ1v) is 11.2. The molecule has 5 rings (SSSR count). The average Bonchev–Trinajstić information content (AvgIpc) is 3.43. The van der Waals surface area contributed by atoms with Crippen LogP contribution in [0.1, 0.15) is 5.56 Å². The molecule has 0 spiro atoms. The second-order valence-electron chi connectivity index (χ2n) is 7.42. The lowest BCUT2D eigenvalue weighted by Crippen LogP contribution is -2.17. The Morgan fingerprint density at radius 3 is 2.53 bits per heavy atom. The molecule has 158 valence electrons. The molecule has 0 radical (unpaired) electrons. The maximum Gasteiger partial charge on any atom is 0.236 e. The van der Waals surface area contributed by atoms with Crippen molar-refractivity contribution in [3.63, 3.8) is 0 Å². The van der Waals surface area contributed by atoms with Gasteiger partial charge in [-0.15, -0.1) is 0 Å². The zero-order valence-corrected chi connectivity index (χ0v) is 18.3. The van der Waals surface area contributed by atoms with Crippen molar-refractivity contribution in [2.24, 2.45) is 0 Å². The fourth-order valence-corrected chi connectivity index (χ4v) is 4.10. The molecular weight excluding hydrogens is 418 g/mol. The first-order chi connectivity index (χ1) is 15.7. The maximum atomic E-state index is 12.8. The predicted octanol–water partition coefficient (Wildman–Crippen LogP) is 5.45. The quantitative estimate of drug-likeness (QED) is 0.345. The van der Waals surface area contributed by atoms with Gasteiger partial charge in [-0.3, -0.25) is 4.79 Å². The van der Waals surface area contributed by atoms with E-state index in [0.29, 0.717) is 5.82 Å². The summed E-state index contributed by atoms with van der Waals surface area (Å²) in [6.45, 7) is 2.05. The third kappa shape index (κ3) is 4.29. The number of anilines is 1. The first-order valence-electron chi connectivity index (χ1n) is 10.3. The topological polar surface area (TPSA) is 75.6 Å². The third-order valence-corrected chi connectivity index (χ3v) is 5.91. The number of aromatic nitrogens is 4. The molecule has 2 N–H and O–H groups in total. The number of nitrogens with zero attached hydrogens (tertiary/aromatic N) is 3. The van der Waals surface area contributed by atoms with Crippen molar-refractivity contribution in [3.05, 3.63) is 90.5 Å². The maximum absolute atomic E-state index is 12.8. The Balaban J connectivity index is 1.37. The molecule has 1 amide bonds. The number of carbonyl (C=O) groups is 1. The highest BCUT2D eigenvalue weighted by Gasteiger charge is 2.15. The van der Waals surface area contributed by atoms with Crippen molar-refractivity contribution >= 4 is 34.5 Å². The molecule has 0 atom stereocenters. The number of hydrogen-bond donors (Lipinski definition) is 2. The van der Waals surface area contributed by atoms with Gasteiger partial charge in [-0.2, -0.15) is 5.10 Å². The Morgan fingerprint density at radius 1 is 1.00 bits per heavy atom. The third-order valence-electron chi connectivity index (χ3n) is 5.03. The summed E-state index contributed by atoms with van der Waals surface area (Å²) in [7, 11) is 0. The molecule has 2 heterocycles. The molecule has 2 aromatic heterocycles. The van der Waals surface area contributed by atoms with Gasteiger partial charge in [-0.25, -0.2) is 9.67 Å². The number of H-pyrrole nitrogens is 1. The van der Waals surface area contributed by atoms with Gasteiger partial charge in [0.25, 0.3) is 0 Å². The van der Waals surface area contributed by atoms with Crippen molar-refractivity contribution in [2.45, 2.75) is 12.1 Å². The van der Waals surface area contributed by atoms with Crippen LogP contribution in [0.15, 0.2) is 90.1 Å². The van der Waals surface area contributed by atoms with E-state index in [4.69, 9.17) is 5.10 Å². The van der Waals surface area contributed by atoms with Crippen LogP contribution in [-0.4, -0.2) is 31.4 Å². The lowest BCUT2D eigenvalue weighted by atomic mass is 10.1. The van der Waals surface area contributed by atoms with E-state index < -0.39 is 0 Å². The second kappa shape index (κ2) is 8.72. The normalized spacial score (nSPS) is 11.0. The highest BCUT2D eigenvalue weighted by atomic mass is 32.2. The highest BCUT2D eigenvalue weighted by Crippen LogP contribution is 2.26. The van der Waals surface area contributed by atoms with E-state index >= 15 is 0 Å². The Labute approximate surface area is 189 Å². The summed E-state index contributed by atoms with van der Waals surface area (Å²) in [5, 5.41) is 8.49. The minimum absolute atomic E-state index is 0.122. The van der Waals surface area contributed by atoms with Crippen molar-refractivity contribution in [3.8, 4) is 16.9 Å². The zero-order chi connectivity index (χ0) is 21.9. The Kier molecular flexibility index (Phi) is 5.47. The van der Waals surface area contributed by atoms with Crippen LogP contribution < -0.4 is 5.32 Å². The molecule has 0 fully saturated rings. The molecule has 0 aliphatic carbocycles. The summed E-state index contributed by atoms with van der Waals surface area (Å²) in [6, 6.07) is 27.7. The van der Waals surface area contributed by atoms with Gasteiger partial charge in [0.1, 0.15) is 5.82 Å². The van der Waals surface area contributed by atoms with Crippen LogP contribution >= 0.6 is 11.8 Å². The van der Waals surface area contributed by atoms with Crippen molar-refractivity contribution < 1.29 is 4.79 Å². The minimum atomic E-state index is -0.122. The van der Waals surface area contributed by atoms with Gasteiger partial charge in [0, 0.05) is 11.6 Å². The number of aromatic amines is 1. The molecular formula is C25H21N5OS. The van der Waals surface area contributed by atoms with Crippen molar-refractivity contribution in [1.82, 2.24) is 19.7 Å². The number of thioether (sulfide) groups is 1. The van der Waals surface area contributed by atoms with Crippen LogP contribution in [0.5, 0.6) is 0 Å². The van der Waals surface area contributed by atoms with Gasteiger partial charge in [0.05, 0.1) is 28.2 Å². The summed E-state index contributed by atoms with van der Waals surface area (Å²) in [6.07, 6.45) is 0. The second-order valence-corrected chi connectivity index (χ2v) is 8.39. The molecule has 0 unspecified atom stereocenters. The van der Waals surface area contributed by atoms with Gasteiger partial charge in [-0.1, -0.05) is 71.9 Å². The largest absolute Gasteiger partial charge is 0.333 e. The van der Waals surface area contributed by atoms with E-state index in [-0.39, 0.29) is 11.7 Å². The molecule has 0 bridgehead atoms. The van der Waals surface area contributed by atoms with Gasteiger partial charge >= 0.3 is 0 Å². The number of benzene rings is 3. The minimum Gasteiger partial charge on any atom is -0.333 e. The van der Waals surface area contributed by atoms with Crippen molar-refractivity contribution in [1.29, 1.82) is 0 Å². The van der Waals surface area contributed by atoms with E-state index in [0.717, 1.165) is 33.1 Å². The Bertz CT molecular complexity index is 1340. The number of aryl methyl sites for hydroxylation is 1. The predicted molar refractivity (Wildman–Crippen MR) is 129 cm³/mol. The van der Waals surface area contributed by atoms with Crippen LogP contribution in [-0.2, 0) is 4.79 Å². The van der Waals surface area contributed by atoms with Crippen LogP contribution in [0.3, 0.4) is 0 Å². The van der Waals surface area contributed by atoms with Gasteiger partial charge in [-0.05, 0) is 31.2 Å². The zero-order valence-electron chi connectivity index (χ0n) is 17.4. The van der Waals surface area contributed by atoms with Crippen LogP contribution in [0.2, 0.25) is 0 Å². The number of imidazole rings is 1. The van der Waals surface area contributed by atoms with E-state index in [9.17, 15) is 4.79 Å². The van der Waals surface area contributed by atoms with Crippen LogP contribution in [0.4, 0.5) is 5.82 Å². The monoisotopic (exact) mass is 439 g/mol. The molecule has 0 aliphatic rings. The summed E-state index contributed by atoms with van der Waals surface area (Å²) in [4.78, 5) is 20.5. The summed E-state index contributed by atoms with van der Waals surface area (Å²) >= 11 is 1.37. The van der Waals surface area contributed by atoms with E-state index in [2.05, 4.69) is 34.3 Å². The van der Waals surface area contributed by atoms with E-state index in [1.165, 1.54) is 17.3 Å². The molecule has 5 aromatic rings. The van der Waals surface area contributed by atoms with E-state index in [1.807, 2.05) is 72.8 Å². The standard InChI is InChI=1S/C25H21N5OS/c1-17-11-13-18(14-12-17)22-15-23(30(29-22)19-7-3-2-4-8-19)28-24(31)16-32-25-26-20-9-5-6-10-21(20)27-25/h2-15H,16H2,1H3,(H,26,27)(H,28,31). The lowest BCUT2D eigenvalue weighted by Gasteiger charge is -2.08. The number of rotatable bonds is 6. The molecule has 32 heavy (non-hydrogen) atoms. The fourth-order valence-electron chi connectivity index (χ4n) is 3.41. The number of carbonyl (C=O) groups excluding carboxylic acids is 1. The SMILES string of the molecule is Cc1ccc(-c2cc(NC(=O)CSc3nc4ccccc4[nH]3)n(-c3ccccc3)n2)cc1. The van der Waals surface area contributed by atoms with Gasteiger partial charge in [0.15, 0.2) is 5.16 Å². The smallest absolute Gasteiger partial charge is 0.236 e. The number of nitrogens with one attached hydrogen (secondary N) is 2. The number of hydrogen-bond acceptors (Lipinski definition) is 4. The molecule has 7 heteroatoms. The van der Waals surface area contributed by atoms with Gasteiger partial charge in [0.2, 0.25) is 5.91 Å². The van der Waals surface area contributed by atoms with Crippen LogP contribution in [0.25, 0.3) is 28.0 Å². The number of fused-ring (bicyclic) bond motifs is 1. The average molecular weight is 440 g/mol. The number of para-hydroxylation sites is 3. The Morgan fingerprint density at radius 2 is 1.75 bits per heavy atom. The van der Waals surface area contributed by atoms with Crippen molar-refractivity contribution in [2.75, 3.05) is 11.1 Å². The first kappa shape index (κ1) is 20.1. The summed E-state index contributed by atoms with van der Waals surface area (Å²) in [5.41, 5.74) is 5.71. The number of amides is 1. The Hall–Kier alpha value is -3.84. The fraction of sp³-hybridized carbons (Fsp3) is 0.0800. The molecule has 0 saturated heterocycles. The molecule has 6 nitrogen and oxygen atoms in total. The summed E-state index contributed by atoms with van der Waals surface area (Å²) < 4.78 is 1.76.